The Labute approximate surface area is 125 Å². The molecule has 2 aliphatic rings. The molecule has 0 saturated carbocycles. The maximum Gasteiger partial charge on any atom is 0.254 e. The number of nitrogens with one attached hydrogen (secondary N) is 1. The molecule has 0 spiro atoms. The standard InChI is InChI=1S/C16H23N3O2/c1-3-4-12-7-11(8-15(17-2)18-12)16(20)19-9-13-5-6-14(10-19)21-13/h7-8,13-14H,3-6,9-10H2,1-2H3,(H,17,18). The molecule has 0 aromatic carbocycles. The van der Waals surface area contributed by atoms with Crippen LogP contribution in [-0.2, 0) is 11.2 Å². The lowest BCUT2D eigenvalue weighted by atomic mass is 10.1. The predicted molar refractivity (Wildman–Crippen MR) is 81.6 cm³/mol. The second-order valence-electron chi connectivity index (χ2n) is 5.90. The van der Waals surface area contributed by atoms with Crippen molar-refractivity contribution in [1.29, 1.82) is 0 Å². The molecule has 3 heterocycles. The number of ether oxygens (including phenoxy) is 1. The highest BCUT2D eigenvalue weighted by Crippen LogP contribution is 2.27. The zero-order valence-corrected chi connectivity index (χ0v) is 12.8. The van der Waals surface area contributed by atoms with Gasteiger partial charge in [-0.05, 0) is 31.4 Å². The van der Waals surface area contributed by atoms with Gasteiger partial charge in [0.15, 0.2) is 0 Å². The van der Waals surface area contributed by atoms with Crippen LogP contribution in [0.2, 0.25) is 0 Å². The fourth-order valence-electron chi connectivity index (χ4n) is 3.19. The minimum Gasteiger partial charge on any atom is -0.373 e. The first-order chi connectivity index (χ1) is 10.2. The summed E-state index contributed by atoms with van der Waals surface area (Å²) in [6.45, 7) is 3.56. The van der Waals surface area contributed by atoms with Gasteiger partial charge in [0.2, 0.25) is 0 Å². The number of hydrogen-bond donors (Lipinski definition) is 1. The molecule has 1 aromatic heterocycles. The van der Waals surface area contributed by atoms with Crippen molar-refractivity contribution >= 4 is 11.7 Å². The van der Waals surface area contributed by atoms with Gasteiger partial charge in [-0.15, -0.1) is 0 Å². The number of fused-ring (bicyclic) bond motifs is 2. The van der Waals surface area contributed by atoms with E-state index in [0.717, 1.165) is 55.8 Å². The summed E-state index contributed by atoms with van der Waals surface area (Å²) in [4.78, 5) is 19.2. The number of amides is 1. The lowest BCUT2D eigenvalue weighted by molar-refractivity contribution is -0.0303. The number of anilines is 1. The number of rotatable bonds is 4. The molecule has 1 amide bonds. The van der Waals surface area contributed by atoms with E-state index in [4.69, 9.17) is 4.74 Å². The second-order valence-corrected chi connectivity index (χ2v) is 5.90. The molecule has 1 aromatic rings. The zero-order valence-electron chi connectivity index (χ0n) is 12.8. The van der Waals surface area contributed by atoms with Gasteiger partial charge >= 0.3 is 0 Å². The summed E-state index contributed by atoms with van der Waals surface area (Å²) >= 11 is 0. The monoisotopic (exact) mass is 289 g/mol. The van der Waals surface area contributed by atoms with Crippen LogP contribution in [0.15, 0.2) is 12.1 Å². The number of carbonyl (C=O) groups excluding carboxylic acids is 1. The summed E-state index contributed by atoms with van der Waals surface area (Å²) in [5.41, 5.74) is 1.71. The molecule has 5 nitrogen and oxygen atoms in total. The van der Waals surface area contributed by atoms with E-state index >= 15 is 0 Å². The number of morpholine rings is 1. The Morgan fingerprint density at radius 3 is 2.71 bits per heavy atom. The summed E-state index contributed by atoms with van der Waals surface area (Å²) < 4.78 is 5.80. The van der Waals surface area contributed by atoms with E-state index in [1.54, 1.807) is 0 Å². The van der Waals surface area contributed by atoms with Crippen LogP contribution in [-0.4, -0.2) is 48.1 Å². The highest BCUT2D eigenvalue weighted by molar-refractivity contribution is 5.95. The lowest BCUT2D eigenvalue weighted by Crippen LogP contribution is -2.45. The van der Waals surface area contributed by atoms with E-state index in [0.29, 0.717) is 0 Å². The van der Waals surface area contributed by atoms with E-state index < -0.39 is 0 Å². The molecule has 2 bridgehead atoms. The minimum absolute atomic E-state index is 0.103. The Kier molecular flexibility index (Phi) is 4.10. The lowest BCUT2D eigenvalue weighted by Gasteiger charge is -2.32. The quantitative estimate of drug-likeness (QED) is 0.922. The third-order valence-corrected chi connectivity index (χ3v) is 4.22. The van der Waals surface area contributed by atoms with Gasteiger partial charge in [-0.3, -0.25) is 4.79 Å². The first-order valence-corrected chi connectivity index (χ1v) is 7.83. The van der Waals surface area contributed by atoms with Crippen molar-refractivity contribution in [2.45, 2.75) is 44.8 Å². The smallest absolute Gasteiger partial charge is 0.254 e. The highest BCUT2D eigenvalue weighted by Gasteiger charge is 2.36. The Hall–Kier alpha value is -1.62. The topological polar surface area (TPSA) is 54.5 Å². The molecule has 2 aliphatic heterocycles. The van der Waals surface area contributed by atoms with Gasteiger partial charge in [0.25, 0.3) is 5.91 Å². The number of aryl methyl sites for hydroxylation is 1. The maximum absolute atomic E-state index is 12.8. The normalized spacial score (nSPS) is 24.2. The van der Waals surface area contributed by atoms with Crippen molar-refractivity contribution in [1.82, 2.24) is 9.88 Å². The SMILES string of the molecule is CCCc1cc(C(=O)N2CC3CCC(C2)O3)cc(NC)n1. The second kappa shape index (κ2) is 6.02. The number of pyridine rings is 1. The van der Waals surface area contributed by atoms with Crippen molar-refractivity contribution in [3.63, 3.8) is 0 Å². The van der Waals surface area contributed by atoms with Gasteiger partial charge in [0.1, 0.15) is 5.82 Å². The minimum atomic E-state index is 0.103. The van der Waals surface area contributed by atoms with Crippen LogP contribution >= 0.6 is 0 Å². The van der Waals surface area contributed by atoms with E-state index in [-0.39, 0.29) is 18.1 Å². The molecular weight excluding hydrogens is 266 g/mol. The van der Waals surface area contributed by atoms with Gasteiger partial charge in [-0.2, -0.15) is 0 Å². The summed E-state index contributed by atoms with van der Waals surface area (Å²) in [7, 11) is 1.83. The molecule has 0 radical (unpaired) electrons. The first kappa shape index (κ1) is 14.3. The molecule has 2 atom stereocenters. The molecule has 2 fully saturated rings. The Bertz CT molecular complexity index is 520. The zero-order chi connectivity index (χ0) is 14.8. The van der Waals surface area contributed by atoms with Crippen LogP contribution in [0.25, 0.3) is 0 Å². The third-order valence-electron chi connectivity index (χ3n) is 4.22. The Morgan fingerprint density at radius 2 is 2.10 bits per heavy atom. The number of likely N-dealkylation sites (tertiary alicyclic amines) is 1. The molecule has 114 valence electrons. The van der Waals surface area contributed by atoms with Crippen molar-refractivity contribution in [2.24, 2.45) is 0 Å². The van der Waals surface area contributed by atoms with Crippen molar-refractivity contribution in [3.05, 3.63) is 23.4 Å². The van der Waals surface area contributed by atoms with Gasteiger partial charge in [-0.25, -0.2) is 4.98 Å². The third kappa shape index (κ3) is 3.02. The fourth-order valence-corrected chi connectivity index (χ4v) is 3.19. The highest BCUT2D eigenvalue weighted by atomic mass is 16.5. The average molecular weight is 289 g/mol. The predicted octanol–water partition coefficient (Wildman–Crippen LogP) is 2.08. The van der Waals surface area contributed by atoms with Gasteiger partial charge in [0.05, 0.1) is 12.2 Å². The summed E-state index contributed by atoms with van der Waals surface area (Å²) in [5, 5.41) is 3.05. The van der Waals surface area contributed by atoms with Gasteiger partial charge in [0, 0.05) is 31.4 Å². The summed E-state index contributed by atoms with van der Waals surface area (Å²) in [6, 6.07) is 3.78. The number of carbonyl (C=O) groups is 1. The van der Waals surface area contributed by atoms with E-state index in [1.807, 2.05) is 24.1 Å². The maximum atomic E-state index is 12.8. The van der Waals surface area contributed by atoms with Crippen molar-refractivity contribution in [3.8, 4) is 0 Å². The van der Waals surface area contributed by atoms with E-state index in [2.05, 4.69) is 17.2 Å². The molecule has 2 saturated heterocycles. The van der Waals surface area contributed by atoms with Crippen molar-refractivity contribution in [2.75, 3.05) is 25.5 Å². The summed E-state index contributed by atoms with van der Waals surface area (Å²) in [5.74, 6) is 0.868. The Balaban J connectivity index is 1.81. The van der Waals surface area contributed by atoms with Crippen LogP contribution in [0.5, 0.6) is 0 Å². The molecule has 21 heavy (non-hydrogen) atoms. The van der Waals surface area contributed by atoms with E-state index in [1.165, 1.54) is 0 Å². The molecular formula is C16H23N3O2. The van der Waals surface area contributed by atoms with Crippen LogP contribution in [0.1, 0.15) is 42.2 Å². The largest absolute Gasteiger partial charge is 0.373 e. The fraction of sp³-hybridized carbons (Fsp3) is 0.625. The summed E-state index contributed by atoms with van der Waals surface area (Å²) in [6.07, 6.45) is 4.53. The molecule has 5 heteroatoms. The average Bonchev–Trinajstić information content (AvgIpc) is 2.84. The number of hydrogen-bond acceptors (Lipinski definition) is 4. The van der Waals surface area contributed by atoms with Crippen LogP contribution in [0, 0.1) is 0 Å². The first-order valence-electron chi connectivity index (χ1n) is 7.83. The number of aromatic nitrogens is 1. The van der Waals surface area contributed by atoms with Crippen molar-refractivity contribution < 1.29 is 9.53 Å². The number of nitrogens with zero attached hydrogens (tertiary/aromatic N) is 2. The molecule has 0 aliphatic carbocycles. The van der Waals surface area contributed by atoms with Crippen LogP contribution in [0.4, 0.5) is 5.82 Å². The van der Waals surface area contributed by atoms with Gasteiger partial charge < -0.3 is 15.0 Å². The van der Waals surface area contributed by atoms with Crippen LogP contribution in [0.3, 0.4) is 0 Å². The molecule has 3 rings (SSSR count). The van der Waals surface area contributed by atoms with Gasteiger partial charge in [-0.1, -0.05) is 13.3 Å². The Morgan fingerprint density at radius 1 is 1.38 bits per heavy atom. The van der Waals surface area contributed by atoms with Crippen LogP contribution < -0.4 is 5.32 Å². The molecule has 2 unspecified atom stereocenters. The van der Waals surface area contributed by atoms with E-state index in [9.17, 15) is 4.79 Å². The molecule has 1 N–H and O–H groups in total.